The van der Waals surface area contributed by atoms with Crippen molar-refractivity contribution in [1.82, 2.24) is 4.90 Å². The number of likely N-dealkylation sites (tertiary alicyclic amines) is 1. The fourth-order valence-electron chi connectivity index (χ4n) is 2.62. The third kappa shape index (κ3) is 2.83. The van der Waals surface area contributed by atoms with E-state index in [1.165, 1.54) is 0 Å². The third-order valence-corrected chi connectivity index (χ3v) is 3.98. The van der Waals surface area contributed by atoms with Crippen molar-refractivity contribution < 1.29 is 9.53 Å². The van der Waals surface area contributed by atoms with Gasteiger partial charge < -0.3 is 9.64 Å². The van der Waals surface area contributed by atoms with Crippen molar-refractivity contribution in [3.8, 4) is 6.07 Å². The molecule has 1 aromatic rings. The summed E-state index contributed by atoms with van der Waals surface area (Å²) < 4.78 is 5.02. The van der Waals surface area contributed by atoms with Crippen molar-refractivity contribution in [2.75, 3.05) is 26.7 Å². The molecule has 1 aliphatic rings. The minimum Gasteiger partial charge on any atom is -0.462 e. The van der Waals surface area contributed by atoms with Gasteiger partial charge in [-0.15, -0.1) is 0 Å². The van der Waals surface area contributed by atoms with Crippen LogP contribution in [0.4, 0.5) is 0 Å². The van der Waals surface area contributed by atoms with Crippen LogP contribution in [0, 0.1) is 11.3 Å². The van der Waals surface area contributed by atoms with Crippen LogP contribution in [0.3, 0.4) is 0 Å². The second-order valence-electron chi connectivity index (χ2n) is 5.30. The lowest BCUT2D eigenvalue weighted by molar-refractivity contribution is 0.0526. The predicted octanol–water partition coefficient (Wildman–Crippen LogP) is 2.35. The number of carbonyl (C=O) groups excluding carboxylic acids is 1. The molecule has 1 saturated heterocycles. The lowest BCUT2D eigenvalue weighted by atomic mass is 9.74. The van der Waals surface area contributed by atoms with Gasteiger partial charge in [-0.2, -0.15) is 5.26 Å². The molecule has 0 amide bonds. The summed E-state index contributed by atoms with van der Waals surface area (Å²) in [7, 11) is 2.07. The molecule has 0 aromatic heterocycles. The number of esters is 1. The first-order valence-electron chi connectivity index (χ1n) is 6.99. The molecule has 0 aliphatic carbocycles. The van der Waals surface area contributed by atoms with Crippen LogP contribution >= 0.6 is 0 Å². The van der Waals surface area contributed by atoms with Crippen LogP contribution in [0.2, 0.25) is 0 Å². The van der Waals surface area contributed by atoms with Gasteiger partial charge in [0, 0.05) is 0 Å². The molecule has 106 valence electrons. The second-order valence-corrected chi connectivity index (χ2v) is 5.30. The Hall–Kier alpha value is -1.86. The van der Waals surface area contributed by atoms with Gasteiger partial charge in [0.2, 0.25) is 0 Å². The normalized spacial score (nSPS) is 18.2. The summed E-state index contributed by atoms with van der Waals surface area (Å²) in [6.45, 7) is 3.95. The highest BCUT2D eigenvalue weighted by Gasteiger charge is 2.35. The molecule has 0 atom stereocenters. The Balaban J connectivity index is 2.29. The number of nitrogens with zero attached hydrogens (tertiary/aromatic N) is 2. The molecular formula is C16H20N2O2. The molecule has 4 nitrogen and oxygen atoms in total. The molecule has 1 aliphatic heterocycles. The third-order valence-electron chi connectivity index (χ3n) is 3.98. The van der Waals surface area contributed by atoms with Gasteiger partial charge in [-0.3, -0.25) is 0 Å². The zero-order chi connectivity index (χ0) is 14.6. The van der Waals surface area contributed by atoms with E-state index in [2.05, 4.69) is 18.0 Å². The molecule has 20 heavy (non-hydrogen) atoms. The van der Waals surface area contributed by atoms with Crippen molar-refractivity contribution >= 4 is 5.97 Å². The fourth-order valence-corrected chi connectivity index (χ4v) is 2.62. The molecule has 0 radical (unpaired) electrons. The van der Waals surface area contributed by atoms with E-state index in [1.54, 1.807) is 13.0 Å². The molecule has 0 N–H and O–H groups in total. The van der Waals surface area contributed by atoms with Crippen molar-refractivity contribution in [2.24, 2.45) is 0 Å². The number of carbonyl (C=O) groups is 1. The zero-order valence-corrected chi connectivity index (χ0v) is 12.1. The largest absolute Gasteiger partial charge is 0.462 e. The number of nitriles is 1. The molecule has 1 heterocycles. The summed E-state index contributed by atoms with van der Waals surface area (Å²) in [6.07, 6.45) is 1.60. The van der Waals surface area contributed by atoms with E-state index in [0.29, 0.717) is 12.2 Å². The van der Waals surface area contributed by atoms with Crippen LogP contribution in [-0.2, 0) is 10.2 Å². The second kappa shape index (κ2) is 6.06. The first-order valence-corrected chi connectivity index (χ1v) is 6.99. The maximum atomic E-state index is 11.8. The Labute approximate surface area is 120 Å². The average molecular weight is 272 g/mol. The van der Waals surface area contributed by atoms with Crippen LogP contribution < -0.4 is 0 Å². The summed E-state index contributed by atoms with van der Waals surface area (Å²) in [6, 6.07) is 9.80. The molecule has 0 saturated carbocycles. The molecule has 4 heteroatoms. The van der Waals surface area contributed by atoms with Gasteiger partial charge in [0.05, 0.1) is 23.7 Å². The van der Waals surface area contributed by atoms with E-state index < -0.39 is 5.41 Å². The van der Waals surface area contributed by atoms with E-state index in [9.17, 15) is 10.1 Å². The van der Waals surface area contributed by atoms with E-state index in [-0.39, 0.29) is 5.97 Å². The summed E-state index contributed by atoms with van der Waals surface area (Å²) in [5, 5.41) is 9.63. The lowest BCUT2D eigenvalue weighted by Gasteiger charge is -2.35. The number of benzene rings is 1. The number of ether oxygens (including phenoxy) is 1. The molecule has 1 aromatic carbocycles. The lowest BCUT2D eigenvalue weighted by Crippen LogP contribution is -2.40. The van der Waals surface area contributed by atoms with Crippen molar-refractivity contribution in [3.63, 3.8) is 0 Å². The molecular weight excluding hydrogens is 252 g/mol. The molecule has 2 rings (SSSR count). The Morgan fingerprint density at radius 3 is 2.75 bits per heavy atom. The Morgan fingerprint density at radius 1 is 1.45 bits per heavy atom. The summed E-state index contributed by atoms with van der Waals surface area (Å²) in [5.41, 5.74) is 0.978. The maximum absolute atomic E-state index is 11.8. The van der Waals surface area contributed by atoms with Crippen molar-refractivity contribution in [2.45, 2.75) is 25.2 Å². The van der Waals surface area contributed by atoms with Gasteiger partial charge in [0.25, 0.3) is 0 Å². The van der Waals surface area contributed by atoms with Gasteiger partial charge in [-0.1, -0.05) is 12.1 Å². The summed E-state index contributed by atoms with van der Waals surface area (Å²) in [4.78, 5) is 14.0. The first-order chi connectivity index (χ1) is 9.61. The van der Waals surface area contributed by atoms with E-state index in [0.717, 1.165) is 31.5 Å². The monoisotopic (exact) mass is 272 g/mol. The van der Waals surface area contributed by atoms with Crippen molar-refractivity contribution in [1.29, 1.82) is 5.26 Å². The van der Waals surface area contributed by atoms with E-state index >= 15 is 0 Å². The smallest absolute Gasteiger partial charge is 0.338 e. The number of piperidine rings is 1. The molecule has 1 fully saturated rings. The minimum atomic E-state index is -0.477. The zero-order valence-electron chi connectivity index (χ0n) is 12.1. The number of rotatable bonds is 3. The highest BCUT2D eigenvalue weighted by Crippen LogP contribution is 2.35. The fraction of sp³-hybridized carbons (Fsp3) is 0.500. The number of hydrogen-bond acceptors (Lipinski definition) is 4. The van der Waals surface area contributed by atoms with Crippen molar-refractivity contribution in [3.05, 3.63) is 35.4 Å². The minimum absolute atomic E-state index is 0.324. The quantitative estimate of drug-likeness (QED) is 0.793. The van der Waals surface area contributed by atoms with Crippen LogP contribution in [0.5, 0.6) is 0 Å². The standard InChI is InChI=1S/C16H20N2O2/c1-3-20-15(19)13-5-4-6-14(11-13)16(12-17)7-9-18(2)10-8-16/h4-6,11H,3,7-10H2,1-2H3. The molecule has 0 unspecified atom stereocenters. The van der Waals surface area contributed by atoms with Crippen LogP contribution in [0.15, 0.2) is 24.3 Å². The Kier molecular flexibility index (Phi) is 4.41. The van der Waals surface area contributed by atoms with Gasteiger partial charge in [-0.05, 0) is 57.6 Å². The summed E-state index contributed by atoms with van der Waals surface area (Å²) in [5.74, 6) is -0.324. The van der Waals surface area contributed by atoms with Crippen LogP contribution in [-0.4, -0.2) is 37.6 Å². The molecule has 0 bridgehead atoms. The number of hydrogen-bond donors (Lipinski definition) is 0. The Morgan fingerprint density at radius 2 is 2.15 bits per heavy atom. The van der Waals surface area contributed by atoms with E-state index in [4.69, 9.17) is 4.74 Å². The SMILES string of the molecule is CCOC(=O)c1cccc(C2(C#N)CCN(C)CC2)c1. The van der Waals surface area contributed by atoms with Crippen LogP contribution in [0.25, 0.3) is 0 Å². The first kappa shape index (κ1) is 14.5. The van der Waals surface area contributed by atoms with Gasteiger partial charge in [0.15, 0.2) is 0 Å². The topological polar surface area (TPSA) is 53.3 Å². The van der Waals surface area contributed by atoms with Gasteiger partial charge >= 0.3 is 5.97 Å². The van der Waals surface area contributed by atoms with E-state index in [1.807, 2.05) is 18.2 Å². The van der Waals surface area contributed by atoms with Crippen LogP contribution in [0.1, 0.15) is 35.7 Å². The molecule has 0 spiro atoms. The highest BCUT2D eigenvalue weighted by molar-refractivity contribution is 5.89. The van der Waals surface area contributed by atoms with Gasteiger partial charge in [-0.25, -0.2) is 4.79 Å². The summed E-state index contributed by atoms with van der Waals surface area (Å²) >= 11 is 0. The Bertz CT molecular complexity index is 526. The van der Waals surface area contributed by atoms with Gasteiger partial charge in [0.1, 0.15) is 0 Å². The maximum Gasteiger partial charge on any atom is 0.338 e. The highest BCUT2D eigenvalue weighted by atomic mass is 16.5. The average Bonchev–Trinajstić information content (AvgIpc) is 2.49. The predicted molar refractivity (Wildman–Crippen MR) is 76.4 cm³/mol.